The van der Waals surface area contributed by atoms with E-state index in [0.717, 1.165) is 11.1 Å². The molecule has 156 valence electrons. The van der Waals surface area contributed by atoms with Crippen molar-refractivity contribution in [3.63, 3.8) is 0 Å². The summed E-state index contributed by atoms with van der Waals surface area (Å²) in [6.07, 6.45) is 1.50. The topological polar surface area (TPSA) is 67.0 Å². The van der Waals surface area contributed by atoms with Crippen molar-refractivity contribution in [3.8, 4) is 5.75 Å². The number of aromatic amines is 1. The standard InChI is InChI=1S/C24H19F2N3O2/c25-24(26)31-21-13-7-4-10-17(21)14-18(22-28-19-11-5-6-12-20(19)29-22)23(30)27-15-16-8-2-1-3-9-16/h1-14,24H,15H2,(H,27,30)(H,28,29). The van der Waals surface area contributed by atoms with Crippen molar-refractivity contribution in [3.05, 3.63) is 95.8 Å². The van der Waals surface area contributed by atoms with Crippen molar-refractivity contribution in [2.45, 2.75) is 13.2 Å². The van der Waals surface area contributed by atoms with Gasteiger partial charge in [-0.1, -0.05) is 60.7 Å². The first-order chi connectivity index (χ1) is 15.1. The van der Waals surface area contributed by atoms with Gasteiger partial charge in [0.25, 0.3) is 5.91 Å². The molecule has 0 spiro atoms. The lowest BCUT2D eigenvalue weighted by molar-refractivity contribution is -0.115. The van der Waals surface area contributed by atoms with E-state index in [4.69, 9.17) is 0 Å². The summed E-state index contributed by atoms with van der Waals surface area (Å²) in [5, 5.41) is 2.87. The Morgan fingerprint density at radius 2 is 1.71 bits per heavy atom. The van der Waals surface area contributed by atoms with E-state index in [9.17, 15) is 13.6 Å². The molecular formula is C24H19F2N3O2. The number of ether oxygens (including phenoxy) is 1. The molecule has 31 heavy (non-hydrogen) atoms. The van der Waals surface area contributed by atoms with Crippen LogP contribution in [0, 0.1) is 0 Å². The average Bonchev–Trinajstić information content (AvgIpc) is 3.21. The number of nitrogens with one attached hydrogen (secondary N) is 2. The summed E-state index contributed by atoms with van der Waals surface area (Å²) in [4.78, 5) is 20.7. The molecule has 0 aliphatic heterocycles. The molecule has 0 aliphatic rings. The van der Waals surface area contributed by atoms with E-state index in [-0.39, 0.29) is 11.3 Å². The van der Waals surface area contributed by atoms with E-state index in [1.165, 1.54) is 12.1 Å². The Hall–Kier alpha value is -4.00. The molecule has 0 unspecified atom stereocenters. The fraction of sp³-hybridized carbons (Fsp3) is 0.0833. The second-order valence-electron chi connectivity index (χ2n) is 6.75. The number of hydrogen-bond donors (Lipinski definition) is 2. The second kappa shape index (κ2) is 9.21. The molecule has 2 N–H and O–H groups in total. The van der Waals surface area contributed by atoms with Crippen molar-refractivity contribution in [1.82, 2.24) is 15.3 Å². The lowest BCUT2D eigenvalue weighted by Crippen LogP contribution is -2.24. The number of nitrogens with zero attached hydrogens (tertiary/aromatic N) is 1. The third-order valence-corrected chi connectivity index (χ3v) is 4.62. The van der Waals surface area contributed by atoms with Crippen LogP contribution < -0.4 is 10.1 Å². The number of halogens is 2. The highest BCUT2D eigenvalue weighted by atomic mass is 19.3. The largest absolute Gasteiger partial charge is 0.434 e. The Balaban J connectivity index is 1.72. The molecule has 1 heterocycles. The monoisotopic (exact) mass is 419 g/mol. The van der Waals surface area contributed by atoms with Gasteiger partial charge in [-0.2, -0.15) is 8.78 Å². The molecule has 0 saturated heterocycles. The van der Waals surface area contributed by atoms with Gasteiger partial charge >= 0.3 is 6.61 Å². The molecule has 7 heteroatoms. The van der Waals surface area contributed by atoms with Crippen molar-refractivity contribution in [1.29, 1.82) is 0 Å². The van der Waals surface area contributed by atoms with Crippen molar-refractivity contribution < 1.29 is 18.3 Å². The van der Waals surface area contributed by atoms with Crippen molar-refractivity contribution >= 4 is 28.6 Å². The van der Waals surface area contributed by atoms with Crippen LogP contribution in [0.25, 0.3) is 22.7 Å². The van der Waals surface area contributed by atoms with Gasteiger partial charge in [0.15, 0.2) is 0 Å². The number of aromatic nitrogens is 2. The maximum atomic E-state index is 13.1. The number of carbonyl (C=O) groups is 1. The second-order valence-corrected chi connectivity index (χ2v) is 6.75. The third-order valence-electron chi connectivity index (χ3n) is 4.62. The molecule has 5 nitrogen and oxygen atoms in total. The van der Waals surface area contributed by atoms with E-state index < -0.39 is 12.5 Å². The SMILES string of the molecule is O=C(NCc1ccccc1)C(=Cc1ccccc1OC(F)F)c1nc2ccccc2[nH]1. The van der Waals surface area contributed by atoms with E-state index in [1.807, 2.05) is 54.6 Å². The first-order valence-corrected chi connectivity index (χ1v) is 9.63. The molecule has 0 saturated carbocycles. The molecule has 1 aromatic heterocycles. The summed E-state index contributed by atoms with van der Waals surface area (Å²) in [6.45, 7) is -2.66. The number of H-pyrrole nitrogens is 1. The fourth-order valence-electron chi connectivity index (χ4n) is 3.15. The predicted octanol–water partition coefficient (Wildman–Crippen LogP) is 5.02. The molecular weight excluding hydrogens is 400 g/mol. The van der Waals surface area contributed by atoms with E-state index >= 15 is 0 Å². The van der Waals surface area contributed by atoms with Crippen molar-refractivity contribution in [2.24, 2.45) is 0 Å². The van der Waals surface area contributed by atoms with E-state index in [0.29, 0.717) is 23.4 Å². The van der Waals surface area contributed by atoms with Crippen LogP contribution in [0.2, 0.25) is 0 Å². The minimum absolute atomic E-state index is 0.0260. The number of amides is 1. The highest BCUT2D eigenvalue weighted by Crippen LogP contribution is 2.26. The average molecular weight is 419 g/mol. The number of alkyl halides is 2. The number of benzene rings is 3. The maximum absolute atomic E-state index is 13.1. The summed E-state index contributed by atoms with van der Waals surface area (Å²) in [6, 6.07) is 23.1. The van der Waals surface area contributed by atoms with Gasteiger partial charge in [0.2, 0.25) is 0 Å². The zero-order valence-corrected chi connectivity index (χ0v) is 16.4. The summed E-state index contributed by atoms with van der Waals surface area (Å²) in [7, 11) is 0. The van der Waals surface area contributed by atoms with Crippen LogP contribution in [-0.2, 0) is 11.3 Å². The molecule has 0 radical (unpaired) electrons. The molecule has 0 bridgehead atoms. The number of fused-ring (bicyclic) bond motifs is 1. The number of carbonyl (C=O) groups excluding carboxylic acids is 1. The molecule has 4 rings (SSSR count). The maximum Gasteiger partial charge on any atom is 0.387 e. The van der Waals surface area contributed by atoms with Crippen LogP contribution in [0.4, 0.5) is 8.78 Å². The van der Waals surface area contributed by atoms with Gasteiger partial charge in [-0.05, 0) is 29.8 Å². The molecule has 0 aliphatic carbocycles. The molecule has 4 aromatic rings. The number of rotatable bonds is 7. The van der Waals surface area contributed by atoms with Crippen LogP contribution in [-0.4, -0.2) is 22.5 Å². The number of hydrogen-bond acceptors (Lipinski definition) is 3. The van der Waals surface area contributed by atoms with Gasteiger partial charge in [0.05, 0.1) is 16.6 Å². The smallest absolute Gasteiger partial charge is 0.387 e. The zero-order chi connectivity index (χ0) is 21.6. The molecule has 1 amide bonds. The first-order valence-electron chi connectivity index (χ1n) is 9.63. The Labute approximate surface area is 177 Å². The highest BCUT2D eigenvalue weighted by molar-refractivity contribution is 6.23. The minimum atomic E-state index is -2.98. The molecule has 0 atom stereocenters. The minimum Gasteiger partial charge on any atom is -0.434 e. The Bertz CT molecular complexity index is 1190. The van der Waals surface area contributed by atoms with Gasteiger partial charge in [-0.15, -0.1) is 0 Å². The normalized spacial score (nSPS) is 11.6. The van der Waals surface area contributed by atoms with Crippen LogP contribution in [0.1, 0.15) is 17.0 Å². The summed E-state index contributed by atoms with van der Waals surface area (Å²) in [5.41, 5.74) is 2.93. The van der Waals surface area contributed by atoms with E-state index in [2.05, 4.69) is 20.0 Å². The van der Waals surface area contributed by atoms with Gasteiger partial charge < -0.3 is 15.0 Å². The van der Waals surface area contributed by atoms with Crippen LogP contribution in [0.5, 0.6) is 5.75 Å². The molecule has 3 aromatic carbocycles. The summed E-state index contributed by atoms with van der Waals surface area (Å²) < 4.78 is 30.3. The van der Waals surface area contributed by atoms with Crippen LogP contribution >= 0.6 is 0 Å². The fourth-order valence-corrected chi connectivity index (χ4v) is 3.15. The van der Waals surface area contributed by atoms with Gasteiger partial charge in [0, 0.05) is 12.1 Å². The third kappa shape index (κ3) is 4.95. The van der Waals surface area contributed by atoms with Gasteiger partial charge in [-0.25, -0.2) is 4.98 Å². The lowest BCUT2D eigenvalue weighted by Gasteiger charge is -2.10. The van der Waals surface area contributed by atoms with Gasteiger partial charge in [0.1, 0.15) is 11.6 Å². The predicted molar refractivity (Wildman–Crippen MR) is 115 cm³/mol. The Morgan fingerprint density at radius 1 is 1.00 bits per heavy atom. The number of imidazole rings is 1. The Morgan fingerprint density at radius 3 is 2.48 bits per heavy atom. The summed E-state index contributed by atoms with van der Waals surface area (Å²) in [5.74, 6) is -0.0876. The summed E-state index contributed by atoms with van der Waals surface area (Å²) >= 11 is 0. The van der Waals surface area contributed by atoms with E-state index in [1.54, 1.807) is 18.2 Å². The first kappa shape index (κ1) is 20.3. The molecule has 0 fully saturated rings. The van der Waals surface area contributed by atoms with Gasteiger partial charge in [-0.3, -0.25) is 4.79 Å². The van der Waals surface area contributed by atoms with Crippen LogP contribution in [0.15, 0.2) is 78.9 Å². The highest BCUT2D eigenvalue weighted by Gasteiger charge is 2.18. The lowest BCUT2D eigenvalue weighted by atomic mass is 10.1. The Kier molecular flexibility index (Phi) is 6.03. The quantitative estimate of drug-likeness (QED) is 0.413. The van der Waals surface area contributed by atoms with Crippen molar-refractivity contribution in [2.75, 3.05) is 0 Å². The van der Waals surface area contributed by atoms with Crippen LogP contribution in [0.3, 0.4) is 0 Å². The zero-order valence-electron chi connectivity index (χ0n) is 16.4. The number of para-hydroxylation sites is 3.